The topological polar surface area (TPSA) is 109 Å². The van der Waals surface area contributed by atoms with E-state index in [4.69, 9.17) is 9.15 Å². The fourth-order valence-corrected chi connectivity index (χ4v) is 2.61. The number of hydrogen-bond acceptors (Lipinski definition) is 5. The second-order valence-corrected chi connectivity index (χ2v) is 6.07. The summed E-state index contributed by atoms with van der Waals surface area (Å²) < 4.78 is 25.4. The molecule has 2 heterocycles. The Hall–Kier alpha value is -4.06. The molecule has 1 aromatic carbocycles. The summed E-state index contributed by atoms with van der Waals surface area (Å²) in [6.07, 6.45) is 2.39. The van der Waals surface area contributed by atoms with Crippen molar-refractivity contribution in [3.8, 4) is 17.7 Å². The minimum Gasteiger partial charge on any atom is -0.481 e. The Bertz CT molecular complexity index is 1070. The van der Waals surface area contributed by atoms with Gasteiger partial charge in [0.1, 0.15) is 34.5 Å². The summed E-state index contributed by atoms with van der Waals surface area (Å²) in [5, 5.41) is 9.47. The summed E-state index contributed by atoms with van der Waals surface area (Å²) in [4.78, 5) is 24.7. The van der Waals surface area contributed by atoms with Gasteiger partial charge < -0.3 is 9.15 Å². The Balaban J connectivity index is 1.67. The van der Waals surface area contributed by atoms with E-state index in [-0.39, 0.29) is 22.8 Å². The van der Waals surface area contributed by atoms with Crippen molar-refractivity contribution in [2.45, 2.75) is 20.0 Å². The number of carbonyl (C=O) groups is 2. The van der Waals surface area contributed by atoms with Gasteiger partial charge in [-0.05, 0) is 50.2 Å². The molecule has 0 saturated carbocycles. The first-order valence-electron chi connectivity index (χ1n) is 8.60. The van der Waals surface area contributed by atoms with Gasteiger partial charge in [0.05, 0.1) is 0 Å². The molecule has 0 saturated heterocycles. The number of benzene rings is 1. The second kappa shape index (κ2) is 8.31. The van der Waals surface area contributed by atoms with Crippen LogP contribution < -0.4 is 15.6 Å². The lowest BCUT2D eigenvalue weighted by molar-refractivity contribution is -0.128. The van der Waals surface area contributed by atoms with Crippen molar-refractivity contribution >= 4 is 11.8 Å². The number of ether oxygens (including phenoxy) is 1. The van der Waals surface area contributed by atoms with Gasteiger partial charge in [-0.25, -0.2) is 4.39 Å². The van der Waals surface area contributed by atoms with Crippen LogP contribution in [0.15, 0.2) is 53.2 Å². The zero-order valence-corrected chi connectivity index (χ0v) is 15.6. The summed E-state index contributed by atoms with van der Waals surface area (Å²) in [5.74, 6) is -1.03. The molecule has 0 bridgehead atoms. The molecule has 2 aromatic heterocycles. The number of rotatable bonds is 5. The molecule has 3 aromatic rings. The van der Waals surface area contributed by atoms with E-state index in [9.17, 15) is 19.2 Å². The number of halogens is 1. The molecule has 148 valence electrons. The van der Waals surface area contributed by atoms with Gasteiger partial charge >= 0.3 is 0 Å². The number of hydrogen-bond donors (Lipinski definition) is 2. The number of amides is 2. The maximum absolute atomic E-state index is 12.9. The summed E-state index contributed by atoms with van der Waals surface area (Å²) in [5.41, 5.74) is 4.55. The van der Waals surface area contributed by atoms with Crippen LogP contribution in [-0.2, 0) is 4.79 Å². The summed E-state index contributed by atoms with van der Waals surface area (Å²) in [7, 11) is 0. The average molecular weight is 396 g/mol. The van der Waals surface area contributed by atoms with Crippen LogP contribution in [0.25, 0.3) is 5.88 Å². The van der Waals surface area contributed by atoms with Crippen LogP contribution in [0.1, 0.15) is 28.6 Å². The molecule has 0 spiro atoms. The highest BCUT2D eigenvalue weighted by molar-refractivity contribution is 5.99. The van der Waals surface area contributed by atoms with E-state index in [0.717, 1.165) is 0 Å². The van der Waals surface area contributed by atoms with Gasteiger partial charge in [0.15, 0.2) is 6.10 Å². The van der Waals surface area contributed by atoms with E-state index >= 15 is 0 Å². The average Bonchev–Trinajstić information content (AvgIpc) is 3.34. The van der Waals surface area contributed by atoms with Gasteiger partial charge in [0, 0.05) is 12.4 Å². The number of aryl methyl sites for hydroxylation is 1. The lowest BCUT2D eigenvalue weighted by Crippen LogP contribution is -2.47. The number of aromatic nitrogens is 1. The molecule has 1 unspecified atom stereocenters. The molecule has 0 aliphatic heterocycles. The first-order valence-corrected chi connectivity index (χ1v) is 8.60. The molecule has 0 fully saturated rings. The van der Waals surface area contributed by atoms with Gasteiger partial charge in [-0.2, -0.15) is 5.26 Å². The van der Waals surface area contributed by atoms with Gasteiger partial charge in [-0.3, -0.25) is 25.0 Å². The Morgan fingerprint density at radius 3 is 2.48 bits per heavy atom. The standard InChI is InChI=1S/C20H17FN4O4/c1-12-17(16(11-22)20(29-12)25-9-3-4-10-25)19(27)24-23-18(26)13(2)28-15-7-5-14(21)6-8-15/h3-10,13H,1-2H3,(H,23,26)(H,24,27). The quantitative estimate of drug-likeness (QED) is 0.645. The molecule has 3 rings (SSSR count). The zero-order valence-electron chi connectivity index (χ0n) is 15.6. The summed E-state index contributed by atoms with van der Waals surface area (Å²) >= 11 is 0. The summed E-state index contributed by atoms with van der Waals surface area (Å²) in [6, 6.07) is 10.6. The monoisotopic (exact) mass is 396 g/mol. The molecule has 0 radical (unpaired) electrons. The van der Waals surface area contributed by atoms with Crippen LogP contribution in [0.5, 0.6) is 5.75 Å². The third-order valence-corrected chi connectivity index (χ3v) is 4.04. The minimum absolute atomic E-state index is 0.0172. The highest BCUT2D eigenvalue weighted by Gasteiger charge is 2.25. The molecule has 9 heteroatoms. The van der Waals surface area contributed by atoms with Crippen LogP contribution >= 0.6 is 0 Å². The third-order valence-electron chi connectivity index (χ3n) is 4.04. The molecule has 0 aliphatic carbocycles. The largest absolute Gasteiger partial charge is 0.481 e. The van der Waals surface area contributed by atoms with E-state index in [1.807, 2.05) is 6.07 Å². The smallest absolute Gasteiger partial charge is 0.279 e. The molecule has 1 atom stereocenters. The van der Waals surface area contributed by atoms with E-state index in [1.165, 1.54) is 31.2 Å². The van der Waals surface area contributed by atoms with Crippen molar-refractivity contribution in [3.05, 3.63) is 71.5 Å². The molecule has 2 N–H and O–H groups in total. The molecular weight excluding hydrogens is 379 g/mol. The number of nitrogens with zero attached hydrogens (tertiary/aromatic N) is 2. The Kier molecular flexibility index (Phi) is 5.64. The SMILES string of the molecule is Cc1oc(-n2cccc2)c(C#N)c1C(=O)NNC(=O)C(C)Oc1ccc(F)cc1. The van der Waals surface area contributed by atoms with E-state index in [1.54, 1.807) is 36.0 Å². The van der Waals surface area contributed by atoms with E-state index < -0.39 is 23.7 Å². The van der Waals surface area contributed by atoms with E-state index in [0.29, 0.717) is 5.75 Å². The maximum Gasteiger partial charge on any atom is 0.279 e. The van der Waals surface area contributed by atoms with Crippen LogP contribution in [0.4, 0.5) is 4.39 Å². The molecule has 29 heavy (non-hydrogen) atoms. The van der Waals surface area contributed by atoms with Gasteiger partial charge in [-0.15, -0.1) is 0 Å². The first kappa shape index (κ1) is 19.7. The van der Waals surface area contributed by atoms with Crippen molar-refractivity contribution < 1.29 is 23.1 Å². The van der Waals surface area contributed by atoms with Crippen LogP contribution in [0.3, 0.4) is 0 Å². The molecule has 2 amide bonds. The number of hydrazine groups is 1. The molecular formula is C20H17FN4O4. The third kappa shape index (κ3) is 4.27. The maximum atomic E-state index is 12.9. The molecule has 8 nitrogen and oxygen atoms in total. The lowest BCUT2D eigenvalue weighted by Gasteiger charge is -2.15. The van der Waals surface area contributed by atoms with Crippen molar-refractivity contribution in [2.24, 2.45) is 0 Å². The Labute approximate surface area is 165 Å². The predicted octanol–water partition coefficient (Wildman–Crippen LogP) is 2.62. The Morgan fingerprint density at radius 1 is 1.21 bits per heavy atom. The van der Waals surface area contributed by atoms with Gasteiger partial charge in [-0.1, -0.05) is 0 Å². The Morgan fingerprint density at radius 2 is 1.86 bits per heavy atom. The fourth-order valence-electron chi connectivity index (χ4n) is 2.61. The van der Waals surface area contributed by atoms with Gasteiger partial charge in [0.2, 0.25) is 5.88 Å². The van der Waals surface area contributed by atoms with Crippen molar-refractivity contribution in [1.82, 2.24) is 15.4 Å². The van der Waals surface area contributed by atoms with Crippen molar-refractivity contribution in [1.29, 1.82) is 5.26 Å². The van der Waals surface area contributed by atoms with Crippen LogP contribution in [0, 0.1) is 24.1 Å². The number of nitriles is 1. The lowest BCUT2D eigenvalue weighted by atomic mass is 10.1. The van der Waals surface area contributed by atoms with Crippen molar-refractivity contribution in [2.75, 3.05) is 0 Å². The van der Waals surface area contributed by atoms with Crippen LogP contribution in [-0.4, -0.2) is 22.5 Å². The highest BCUT2D eigenvalue weighted by Crippen LogP contribution is 2.25. The highest BCUT2D eigenvalue weighted by atomic mass is 19.1. The van der Waals surface area contributed by atoms with Crippen molar-refractivity contribution in [3.63, 3.8) is 0 Å². The van der Waals surface area contributed by atoms with Crippen LogP contribution in [0.2, 0.25) is 0 Å². The predicted molar refractivity (Wildman–Crippen MR) is 99.6 cm³/mol. The normalized spacial score (nSPS) is 11.4. The molecule has 0 aliphatic rings. The number of furan rings is 1. The first-order chi connectivity index (χ1) is 13.9. The second-order valence-electron chi connectivity index (χ2n) is 6.07. The number of carbonyl (C=O) groups excluding carboxylic acids is 2. The summed E-state index contributed by atoms with van der Waals surface area (Å²) in [6.45, 7) is 3.02. The zero-order chi connectivity index (χ0) is 21.0. The van der Waals surface area contributed by atoms with Gasteiger partial charge in [0.25, 0.3) is 11.8 Å². The van der Waals surface area contributed by atoms with E-state index in [2.05, 4.69) is 10.9 Å². The minimum atomic E-state index is -0.961. The number of nitrogens with one attached hydrogen (secondary N) is 2. The fraction of sp³-hybridized carbons (Fsp3) is 0.150.